The lowest BCUT2D eigenvalue weighted by atomic mass is 9.95. The van der Waals surface area contributed by atoms with Crippen molar-refractivity contribution >= 4 is 0 Å². The van der Waals surface area contributed by atoms with E-state index in [1.54, 1.807) is 30.3 Å². The number of unbranched alkanes of at least 4 members (excludes halogenated alkanes) is 1. The number of hydrogen-bond donors (Lipinski definition) is 0. The lowest BCUT2D eigenvalue weighted by Gasteiger charge is -2.29. The van der Waals surface area contributed by atoms with E-state index in [4.69, 9.17) is 14.2 Å². The molecule has 0 amide bonds. The Morgan fingerprint density at radius 3 is 2.14 bits per heavy atom. The maximum atomic E-state index is 14.9. The molecule has 0 saturated carbocycles. The Labute approximate surface area is 204 Å². The molecule has 0 N–H and O–H groups in total. The molecule has 0 aromatic heterocycles. The van der Waals surface area contributed by atoms with Crippen molar-refractivity contribution < 1.29 is 27.4 Å². The van der Waals surface area contributed by atoms with Gasteiger partial charge in [0.2, 0.25) is 5.82 Å². The van der Waals surface area contributed by atoms with Crippen LogP contribution in [0.3, 0.4) is 0 Å². The number of hydrogen-bond acceptors (Lipinski definition) is 3. The fraction of sp³-hybridized carbons (Fsp3) is 0.379. The molecule has 0 atom stereocenters. The fourth-order valence-electron chi connectivity index (χ4n) is 4.20. The van der Waals surface area contributed by atoms with E-state index in [1.807, 2.05) is 13.0 Å². The van der Waals surface area contributed by atoms with Gasteiger partial charge in [-0.2, -0.15) is 4.39 Å². The molecule has 0 bridgehead atoms. The van der Waals surface area contributed by atoms with Gasteiger partial charge in [-0.3, -0.25) is 0 Å². The maximum absolute atomic E-state index is 14.9. The van der Waals surface area contributed by atoms with E-state index in [0.29, 0.717) is 36.5 Å². The predicted octanol–water partition coefficient (Wildman–Crippen LogP) is 7.87. The molecule has 0 spiro atoms. The lowest BCUT2D eigenvalue weighted by molar-refractivity contribution is -0.190. The van der Waals surface area contributed by atoms with Gasteiger partial charge in [-0.1, -0.05) is 63.1 Å². The first-order valence-corrected chi connectivity index (χ1v) is 12.3. The average Bonchev–Trinajstić information content (AvgIpc) is 2.88. The summed E-state index contributed by atoms with van der Waals surface area (Å²) in [5, 5.41) is 0. The normalized spacial score (nSPS) is 18.0. The standard InChI is InChI=1S/C29H31F3O3/c1-3-5-15-33-26-14-13-24(28(31)29(26)32)20-9-7-19(8-10-20)21-11-12-23(25(30)16-21)22-17-34-27(6-4-2)35-18-22/h7-14,16,22,27H,3-6,15,17-18H2,1-2H3. The molecule has 0 aliphatic carbocycles. The van der Waals surface area contributed by atoms with Crippen molar-refractivity contribution in [3.05, 3.63) is 77.6 Å². The van der Waals surface area contributed by atoms with Crippen LogP contribution in [-0.2, 0) is 9.47 Å². The Hall–Kier alpha value is -2.83. The van der Waals surface area contributed by atoms with E-state index in [2.05, 4.69) is 6.92 Å². The molecule has 35 heavy (non-hydrogen) atoms. The molecule has 0 radical (unpaired) electrons. The van der Waals surface area contributed by atoms with Crippen LogP contribution in [0.2, 0.25) is 0 Å². The largest absolute Gasteiger partial charge is 0.490 e. The summed E-state index contributed by atoms with van der Waals surface area (Å²) in [7, 11) is 0. The van der Waals surface area contributed by atoms with Gasteiger partial charge in [0, 0.05) is 11.5 Å². The van der Waals surface area contributed by atoms with E-state index in [9.17, 15) is 13.2 Å². The molecule has 4 rings (SSSR count). The highest BCUT2D eigenvalue weighted by Crippen LogP contribution is 2.33. The van der Waals surface area contributed by atoms with Crippen LogP contribution < -0.4 is 4.74 Å². The minimum absolute atomic E-state index is 0.0819. The first-order valence-electron chi connectivity index (χ1n) is 12.3. The highest BCUT2D eigenvalue weighted by molar-refractivity contribution is 5.71. The first-order chi connectivity index (χ1) is 17.0. The van der Waals surface area contributed by atoms with E-state index >= 15 is 0 Å². The number of ether oxygens (including phenoxy) is 3. The summed E-state index contributed by atoms with van der Waals surface area (Å²) in [5.74, 6) is -2.48. The second kappa shape index (κ2) is 11.7. The Morgan fingerprint density at radius 1 is 0.800 bits per heavy atom. The van der Waals surface area contributed by atoms with E-state index in [0.717, 1.165) is 31.2 Å². The molecule has 3 aromatic carbocycles. The van der Waals surface area contributed by atoms with Gasteiger partial charge < -0.3 is 14.2 Å². The highest BCUT2D eigenvalue weighted by Gasteiger charge is 2.25. The Bertz CT molecular complexity index is 1120. The van der Waals surface area contributed by atoms with Gasteiger partial charge in [0.25, 0.3) is 0 Å². The van der Waals surface area contributed by atoms with Crippen molar-refractivity contribution in [2.24, 2.45) is 0 Å². The molecule has 1 fully saturated rings. The van der Waals surface area contributed by atoms with Gasteiger partial charge in [0.15, 0.2) is 17.9 Å². The Kier molecular flexibility index (Phi) is 8.47. The number of halogens is 3. The minimum atomic E-state index is -0.989. The average molecular weight is 485 g/mol. The summed E-state index contributed by atoms with van der Waals surface area (Å²) in [6, 6.07) is 15.0. The summed E-state index contributed by atoms with van der Waals surface area (Å²) in [6.07, 6.45) is 3.27. The van der Waals surface area contributed by atoms with Gasteiger partial charge in [-0.15, -0.1) is 0 Å². The van der Waals surface area contributed by atoms with Crippen LogP contribution in [0.15, 0.2) is 54.6 Å². The molecule has 0 unspecified atom stereocenters. The predicted molar refractivity (Wildman–Crippen MR) is 131 cm³/mol. The summed E-state index contributed by atoms with van der Waals surface area (Å²) in [6.45, 7) is 5.27. The van der Waals surface area contributed by atoms with Crippen molar-refractivity contribution in [2.45, 2.75) is 51.7 Å². The van der Waals surface area contributed by atoms with Crippen LogP contribution in [-0.4, -0.2) is 26.1 Å². The van der Waals surface area contributed by atoms with Gasteiger partial charge in [0.1, 0.15) is 5.82 Å². The lowest BCUT2D eigenvalue weighted by Crippen LogP contribution is -2.31. The van der Waals surface area contributed by atoms with Crippen molar-refractivity contribution in [1.82, 2.24) is 0 Å². The topological polar surface area (TPSA) is 27.7 Å². The van der Waals surface area contributed by atoms with E-state index < -0.39 is 11.6 Å². The van der Waals surface area contributed by atoms with Crippen LogP contribution >= 0.6 is 0 Å². The zero-order valence-electron chi connectivity index (χ0n) is 20.2. The zero-order chi connectivity index (χ0) is 24.8. The first kappa shape index (κ1) is 25.3. The summed E-state index contributed by atoms with van der Waals surface area (Å²) in [5.41, 5.74) is 2.72. The highest BCUT2D eigenvalue weighted by atomic mass is 19.2. The Balaban J connectivity index is 1.47. The Morgan fingerprint density at radius 2 is 1.49 bits per heavy atom. The maximum Gasteiger partial charge on any atom is 0.201 e. The van der Waals surface area contributed by atoms with Gasteiger partial charge in [0.05, 0.1) is 19.8 Å². The molecule has 1 aliphatic heterocycles. The number of benzene rings is 3. The quantitative estimate of drug-likeness (QED) is 0.289. The third kappa shape index (κ3) is 5.88. The SMILES string of the molecule is CCCCOc1ccc(-c2ccc(-c3ccc(C4COC(CCC)OC4)c(F)c3)cc2)c(F)c1F. The zero-order valence-corrected chi connectivity index (χ0v) is 20.2. The van der Waals surface area contributed by atoms with Crippen LogP contribution in [0.4, 0.5) is 13.2 Å². The molecule has 186 valence electrons. The smallest absolute Gasteiger partial charge is 0.201 e. The molecule has 1 heterocycles. The third-order valence-corrected chi connectivity index (χ3v) is 6.26. The van der Waals surface area contributed by atoms with Crippen molar-refractivity contribution in [3.63, 3.8) is 0 Å². The molecular weight excluding hydrogens is 453 g/mol. The second-order valence-electron chi connectivity index (χ2n) is 8.84. The molecule has 3 nitrogen and oxygen atoms in total. The van der Waals surface area contributed by atoms with Crippen molar-refractivity contribution in [1.29, 1.82) is 0 Å². The molecular formula is C29H31F3O3. The number of rotatable bonds is 9. The monoisotopic (exact) mass is 484 g/mol. The molecule has 6 heteroatoms. The van der Waals surface area contributed by atoms with Gasteiger partial charge in [-0.25, -0.2) is 8.78 Å². The van der Waals surface area contributed by atoms with Crippen LogP contribution in [0.1, 0.15) is 51.0 Å². The van der Waals surface area contributed by atoms with Crippen molar-refractivity contribution in [3.8, 4) is 28.0 Å². The second-order valence-corrected chi connectivity index (χ2v) is 8.84. The van der Waals surface area contributed by atoms with E-state index in [-0.39, 0.29) is 29.3 Å². The van der Waals surface area contributed by atoms with Crippen LogP contribution in [0.5, 0.6) is 5.75 Å². The van der Waals surface area contributed by atoms with Gasteiger partial charge >= 0.3 is 0 Å². The fourth-order valence-corrected chi connectivity index (χ4v) is 4.20. The molecule has 1 aliphatic rings. The van der Waals surface area contributed by atoms with Gasteiger partial charge in [-0.05, 0) is 53.3 Å². The summed E-state index contributed by atoms with van der Waals surface area (Å²) >= 11 is 0. The molecule has 1 saturated heterocycles. The third-order valence-electron chi connectivity index (χ3n) is 6.26. The van der Waals surface area contributed by atoms with E-state index in [1.165, 1.54) is 18.2 Å². The minimum Gasteiger partial charge on any atom is -0.490 e. The molecule has 3 aromatic rings. The van der Waals surface area contributed by atoms with Crippen LogP contribution in [0, 0.1) is 17.5 Å². The summed E-state index contributed by atoms with van der Waals surface area (Å²) in [4.78, 5) is 0. The summed E-state index contributed by atoms with van der Waals surface area (Å²) < 4.78 is 60.8. The van der Waals surface area contributed by atoms with Crippen molar-refractivity contribution in [2.75, 3.05) is 19.8 Å². The van der Waals surface area contributed by atoms with Crippen LogP contribution in [0.25, 0.3) is 22.3 Å².